The van der Waals surface area contributed by atoms with Crippen molar-refractivity contribution in [1.82, 2.24) is 9.96 Å². The van der Waals surface area contributed by atoms with Gasteiger partial charge in [-0.3, -0.25) is 4.79 Å². The Morgan fingerprint density at radius 3 is 2.48 bits per heavy atom. The van der Waals surface area contributed by atoms with E-state index in [0.29, 0.717) is 32.2 Å². The Labute approximate surface area is 149 Å². The number of hydrogen-bond donors (Lipinski definition) is 0. The Bertz CT molecular complexity index is 650. The van der Waals surface area contributed by atoms with Gasteiger partial charge in [-0.15, -0.1) is 0 Å². The van der Waals surface area contributed by atoms with Crippen LogP contribution in [-0.4, -0.2) is 60.8 Å². The lowest BCUT2D eigenvalue weighted by Crippen LogP contribution is -2.44. The Kier molecular flexibility index (Phi) is 5.11. The predicted molar refractivity (Wildman–Crippen MR) is 96.3 cm³/mol. The molecule has 6 heteroatoms. The molecule has 1 aromatic carbocycles. The van der Waals surface area contributed by atoms with Crippen LogP contribution in [0.2, 0.25) is 0 Å². The van der Waals surface area contributed by atoms with Crippen molar-refractivity contribution in [3.63, 3.8) is 0 Å². The quantitative estimate of drug-likeness (QED) is 0.841. The van der Waals surface area contributed by atoms with E-state index in [9.17, 15) is 4.79 Å². The van der Waals surface area contributed by atoms with E-state index in [4.69, 9.17) is 14.6 Å². The molecule has 6 nitrogen and oxygen atoms in total. The molecule has 0 spiro atoms. The van der Waals surface area contributed by atoms with Crippen molar-refractivity contribution in [2.75, 3.05) is 33.4 Å². The first-order chi connectivity index (χ1) is 11.9. The third kappa shape index (κ3) is 4.02. The van der Waals surface area contributed by atoms with E-state index >= 15 is 0 Å². The van der Waals surface area contributed by atoms with E-state index in [1.807, 2.05) is 18.9 Å². The van der Waals surface area contributed by atoms with Crippen molar-refractivity contribution in [1.29, 1.82) is 0 Å². The van der Waals surface area contributed by atoms with E-state index in [0.717, 1.165) is 11.4 Å². The van der Waals surface area contributed by atoms with Crippen molar-refractivity contribution in [2.45, 2.75) is 38.8 Å². The summed E-state index contributed by atoms with van der Waals surface area (Å²) in [6, 6.07) is 8.35. The van der Waals surface area contributed by atoms with Crippen LogP contribution in [0, 0.1) is 0 Å². The molecule has 1 saturated heterocycles. The SMILES string of the molecule is CC(C)c1ccc(C2=NC(C)(CC(=O)N3CCOCC3)ON2C)cc1. The van der Waals surface area contributed by atoms with E-state index in [1.54, 1.807) is 5.06 Å². The number of morpholine rings is 1. The topological polar surface area (TPSA) is 54.4 Å². The molecule has 0 radical (unpaired) electrons. The number of carbonyl (C=O) groups excluding carboxylic acids is 1. The molecular formula is C19H27N3O3. The van der Waals surface area contributed by atoms with Crippen LogP contribution >= 0.6 is 0 Å². The number of hydroxylamine groups is 2. The minimum absolute atomic E-state index is 0.0550. The van der Waals surface area contributed by atoms with Gasteiger partial charge in [-0.05, 0) is 18.4 Å². The number of aliphatic imine (C=N–C) groups is 1. The van der Waals surface area contributed by atoms with Gasteiger partial charge in [0, 0.05) is 25.7 Å². The molecule has 2 heterocycles. The molecule has 0 bridgehead atoms. The van der Waals surface area contributed by atoms with Gasteiger partial charge in [0.25, 0.3) is 0 Å². The number of nitrogens with zero attached hydrogens (tertiary/aromatic N) is 3. The van der Waals surface area contributed by atoms with Crippen LogP contribution < -0.4 is 0 Å². The predicted octanol–water partition coefficient (Wildman–Crippen LogP) is 2.40. The molecule has 1 aromatic rings. The molecular weight excluding hydrogens is 318 g/mol. The highest BCUT2D eigenvalue weighted by Crippen LogP contribution is 2.29. The van der Waals surface area contributed by atoms with Crippen LogP contribution in [-0.2, 0) is 14.4 Å². The largest absolute Gasteiger partial charge is 0.378 e. The molecule has 25 heavy (non-hydrogen) atoms. The first-order valence-electron chi connectivity index (χ1n) is 8.86. The number of amidine groups is 1. The number of ether oxygens (including phenoxy) is 1. The smallest absolute Gasteiger partial charge is 0.227 e. The zero-order valence-electron chi connectivity index (χ0n) is 15.5. The highest BCUT2D eigenvalue weighted by molar-refractivity contribution is 5.99. The summed E-state index contributed by atoms with van der Waals surface area (Å²) < 4.78 is 5.30. The van der Waals surface area contributed by atoms with Crippen molar-refractivity contribution in [3.05, 3.63) is 35.4 Å². The van der Waals surface area contributed by atoms with Crippen LogP contribution in [0.25, 0.3) is 0 Å². The molecule has 2 aliphatic rings. The maximum Gasteiger partial charge on any atom is 0.227 e. The van der Waals surface area contributed by atoms with Crippen LogP contribution in [0.1, 0.15) is 44.2 Å². The van der Waals surface area contributed by atoms with Crippen molar-refractivity contribution in [3.8, 4) is 0 Å². The first-order valence-corrected chi connectivity index (χ1v) is 8.86. The summed E-state index contributed by atoms with van der Waals surface area (Å²) in [5.74, 6) is 1.30. The van der Waals surface area contributed by atoms with Gasteiger partial charge in [-0.1, -0.05) is 38.1 Å². The van der Waals surface area contributed by atoms with Crippen LogP contribution in [0.5, 0.6) is 0 Å². The fraction of sp³-hybridized carbons (Fsp3) is 0.579. The Morgan fingerprint density at radius 1 is 1.24 bits per heavy atom. The highest BCUT2D eigenvalue weighted by Gasteiger charge is 2.39. The summed E-state index contributed by atoms with van der Waals surface area (Å²) in [6.45, 7) is 8.67. The maximum atomic E-state index is 12.5. The molecule has 2 aliphatic heterocycles. The molecule has 1 amide bonds. The molecule has 1 fully saturated rings. The monoisotopic (exact) mass is 345 g/mol. The lowest BCUT2D eigenvalue weighted by molar-refractivity contribution is -0.172. The summed E-state index contributed by atoms with van der Waals surface area (Å²) in [5.41, 5.74) is 1.42. The van der Waals surface area contributed by atoms with Crippen molar-refractivity contribution < 1.29 is 14.4 Å². The number of rotatable bonds is 4. The van der Waals surface area contributed by atoms with Crippen LogP contribution in [0.4, 0.5) is 0 Å². The second-order valence-corrected chi connectivity index (χ2v) is 7.15. The van der Waals surface area contributed by atoms with Gasteiger partial charge >= 0.3 is 0 Å². The van der Waals surface area contributed by atoms with Crippen molar-refractivity contribution in [2.24, 2.45) is 4.99 Å². The zero-order chi connectivity index (χ0) is 18.0. The maximum absolute atomic E-state index is 12.5. The van der Waals surface area contributed by atoms with Gasteiger partial charge in [0.2, 0.25) is 5.91 Å². The van der Waals surface area contributed by atoms with Crippen LogP contribution in [0.15, 0.2) is 29.3 Å². The van der Waals surface area contributed by atoms with Gasteiger partial charge < -0.3 is 9.64 Å². The van der Waals surface area contributed by atoms with Gasteiger partial charge in [0.15, 0.2) is 11.6 Å². The Balaban J connectivity index is 1.73. The van der Waals surface area contributed by atoms with Gasteiger partial charge in [-0.2, -0.15) is 0 Å². The van der Waals surface area contributed by atoms with E-state index in [-0.39, 0.29) is 12.3 Å². The summed E-state index contributed by atoms with van der Waals surface area (Å²) in [6.07, 6.45) is 0.227. The molecule has 1 unspecified atom stereocenters. The molecule has 0 saturated carbocycles. The number of hydrogen-bond acceptors (Lipinski definition) is 5. The average molecular weight is 345 g/mol. The van der Waals surface area contributed by atoms with Gasteiger partial charge in [-0.25, -0.2) is 14.9 Å². The lowest BCUT2D eigenvalue weighted by Gasteiger charge is -2.29. The highest BCUT2D eigenvalue weighted by atomic mass is 16.7. The number of carbonyl (C=O) groups is 1. The van der Waals surface area contributed by atoms with Gasteiger partial charge in [0.1, 0.15) is 0 Å². The second-order valence-electron chi connectivity index (χ2n) is 7.15. The van der Waals surface area contributed by atoms with Crippen LogP contribution in [0.3, 0.4) is 0 Å². The standard InChI is InChI=1S/C19H27N3O3/c1-14(2)15-5-7-16(8-6-15)18-20-19(3,25-21(18)4)13-17(23)22-9-11-24-12-10-22/h5-8,14H,9-13H2,1-4H3. The van der Waals surface area contributed by atoms with E-state index in [1.165, 1.54) is 5.56 Å². The normalized spacial score (nSPS) is 24.0. The summed E-state index contributed by atoms with van der Waals surface area (Å²) in [4.78, 5) is 25.0. The lowest BCUT2D eigenvalue weighted by atomic mass is 10.0. The third-order valence-electron chi connectivity index (χ3n) is 4.65. The second kappa shape index (κ2) is 7.14. The fourth-order valence-electron chi connectivity index (χ4n) is 3.19. The van der Waals surface area contributed by atoms with E-state index < -0.39 is 5.72 Å². The third-order valence-corrected chi connectivity index (χ3v) is 4.65. The molecule has 0 aromatic heterocycles. The molecule has 1 atom stereocenters. The minimum Gasteiger partial charge on any atom is -0.378 e. The molecule has 136 valence electrons. The summed E-state index contributed by atoms with van der Waals surface area (Å²) in [5, 5.41) is 1.66. The Hall–Kier alpha value is -1.92. The molecule has 0 aliphatic carbocycles. The number of benzene rings is 1. The fourth-order valence-corrected chi connectivity index (χ4v) is 3.19. The average Bonchev–Trinajstić information content (AvgIpc) is 2.90. The Morgan fingerprint density at radius 2 is 1.88 bits per heavy atom. The number of amides is 1. The minimum atomic E-state index is -0.865. The zero-order valence-corrected chi connectivity index (χ0v) is 15.5. The molecule has 3 rings (SSSR count). The van der Waals surface area contributed by atoms with Gasteiger partial charge in [0.05, 0.1) is 19.6 Å². The summed E-state index contributed by atoms with van der Waals surface area (Å²) in [7, 11) is 1.83. The summed E-state index contributed by atoms with van der Waals surface area (Å²) >= 11 is 0. The molecule has 0 N–H and O–H groups in total. The first kappa shape index (κ1) is 17.9. The van der Waals surface area contributed by atoms with Crippen molar-refractivity contribution >= 4 is 11.7 Å². The van der Waals surface area contributed by atoms with E-state index in [2.05, 4.69) is 38.1 Å².